The standard InChI is InChI=1S/C30H40N4O5/c1-3-33-16-8-12-21(33)18-34-26(28(36)31-19-9-5-4-6-10-19)30-15-14-23(39-30)24(25(30)29(34)37)27(35)32-20-11-7-13-22(17-20)38-2/h7,11,13-15,17,19,21,23-26H,3-6,8-10,12,16,18H2,1-2H3,(H,31,36)(H,32,35). The van der Waals surface area contributed by atoms with Crippen LogP contribution in [0.25, 0.3) is 0 Å². The van der Waals surface area contributed by atoms with Crippen molar-refractivity contribution in [2.24, 2.45) is 11.8 Å². The molecule has 4 aliphatic heterocycles. The fourth-order valence-electron chi connectivity index (χ4n) is 7.66. The second kappa shape index (κ2) is 10.6. The van der Waals surface area contributed by atoms with E-state index in [1.165, 1.54) is 6.42 Å². The SMILES string of the molecule is CCN1CCCC1CN1C(=O)C2C(C(=O)Nc3cccc(OC)c3)C3C=CC2(O3)C1C(=O)NC1CCCCC1. The Morgan fingerprint density at radius 2 is 1.95 bits per heavy atom. The van der Waals surface area contributed by atoms with Crippen LogP contribution in [-0.2, 0) is 19.1 Å². The lowest BCUT2D eigenvalue weighted by molar-refractivity contribution is -0.142. The van der Waals surface area contributed by atoms with E-state index in [9.17, 15) is 14.4 Å². The highest BCUT2D eigenvalue weighted by molar-refractivity contribution is 6.02. The Labute approximate surface area is 230 Å². The summed E-state index contributed by atoms with van der Waals surface area (Å²) >= 11 is 0. The topological polar surface area (TPSA) is 100 Å². The number of nitrogens with zero attached hydrogens (tertiary/aromatic N) is 2. The summed E-state index contributed by atoms with van der Waals surface area (Å²) in [6.45, 7) is 4.52. The average Bonchev–Trinajstić information content (AvgIpc) is 3.70. The van der Waals surface area contributed by atoms with Crippen LogP contribution in [0.5, 0.6) is 5.75 Å². The van der Waals surface area contributed by atoms with E-state index in [0.717, 1.165) is 51.6 Å². The highest BCUT2D eigenvalue weighted by atomic mass is 16.5. The molecule has 9 nitrogen and oxygen atoms in total. The van der Waals surface area contributed by atoms with Gasteiger partial charge in [-0.15, -0.1) is 0 Å². The molecule has 2 N–H and O–H groups in total. The Morgan fingerprint density at radius 3 is 2.72 bits per heavy atom. The lowest BCUT2D eigenvalue weighted by Gasteiger charge is -2.36. The van der Waals surface area contributed by atoms with Crippen LogP contribution in [0.3, 0.4) is 0 Å². The number of nitrogens with one attached hydrogen (secondary N) is 2. The van der Waals surface area contributed by atoms with Gasteiger partial charge in [0.15, 0.2) is 0 Å². The predicted octanol–water partition coefficient (Wildman–Crippen LogP) is 2.72. The third kappa shape index (κ3) is 4.53. The molecule has 9 heteroatoms. The number of carbonyl (C=O) groups is 3. The fourth-order valence-corrected chi connectivity index (χ4v) is 7.66. The van der Waals surface area contributed by atoms with Gasteiger partial charge in [-0.2, -0.15) is 0 Å². The van der Waals surface area contributed by atoms with E-state index in [4.69, 9.17) is 9.47 Å². The first kappa shape index (κ1) is 26.3. The molecule has 210 valence electrons. The summed E-state index contributed by atoms with van der Waals surface area (Å²) in [7, 11) is 1.58. The quantitative estimate of drug-likeness (QED) is 0.496. The number of carbonyl (C=O) groups excluding carboxylic acids is 3. The summed E-state index contributed by atoms with van der Waals surface area (Å²) in [5.74, 6) is -1.40. The first-order valence-electron chi connectivity index (χ1n) is 14.6. The molecular weight excluding hydrogens is 496 g/mol. The molecule has 4 fully saturated rings. The van der Waals surface area contributed by atoms with Crippen LogP contribution in [0.1, 0.15) is 51.9 Å². The van der Waals surface area contributed by atoms with Crippen LogP contribution >= 0.6 is 0 Å². The van der Waals surface area contributed by atoms with E-state index in [2.05, 4.69) is 22.5 Å². The molecule has 6 atom stereocenters. The van der Waals surface area contributed by atoms with Crippen LogP contribution in [0, 0.1) is 11.8 Å². The maximum absolute atomic E-state index is 14.2. The van der Waals surface area contributed by atoms with Gasteiger partial charge >= 0.3 is 0 Å². The third-order valence-electron chi connectivity index (χ3n) is 9.53. The highest BCUT2D eigenvalue weighted by Crippen LogP contribution is 2.55. The van der Waals surface area contributed by atoms with Crippen LogP contribution in [0.4, 0.5) is 5.69 Å². The summed E-state index contributed by atoms with van der Waals surface area (Å²) in [5.41, 5.74) is -0.536. The van der Waals surface area contributed by atoms with Crippen molar-refractivity contribution < 1.29 is 23.9 Å². The van der Waals surface area contributed by atoms with Gasteiger partial charge in [-0.05, 0) is 50.9 Å². The lowest BCUT2D eigenvalue weighted by Crippen LogP contribution is -2.58. The predicted molar refractivity (Wildman–Crippen MR) is 146 cm³/mol. The maximum atomic E-state index is 14.2. The zero-order valence-electron chi connectivity index (χ0n) is 22.9. The minimum atomic E-state index is -1.13. The van der Waals surface area contributed by atoms with E-state index < -0.39 is 29.6 Å². The molecule has 6 rings (SSSR count). The van der Waals surface area contributed by atoms with Crippen LogP contribution in [0.2, 0.25) is 0 Å². The van der Waals surface area contributed by atoms with E-state index in [1.54, 1.807) is 24.1 Å². The number of rotatable bonds is 8. The van der Waals surface area contributed by atoms with Gasteiger partial charge in [0.2, 0.25) is 17.7 Å². The van der Waals surface area contributed by atoms with Gasteiger partial charge in [-0.3, -0.25) is 19.3 Å². The van der Waals surface area contributed by atoms with Crippen molar-refractivity contribution in [3.8, 4) is 5.75 Å². The first-order valence-corrected chi connectivity index (χ1v) is 14.6. The lowest BCUT2D eigenvalue weighted by atomic mass is 9.74. The minimum absolute atomic E-state index is 0.118. The van der Waals surface area contributed by atoms with Gasteiger partial charge in [-0.25, -0.2) is 0 Å². The molecule has 1 aliphatic carbocycles. The van der Waals surface area contributed by atoms with Crippen molar-refractivity contribution in [2.45, 2.75) is 81.7 Å². The summed E-state index contributed by atoms with van der Waals surface area (Å²) < 4.78 is 11.8. The number of ether oxygens (including phenoxy) is 2. The van der Waals surface area contributed by atoms with Gasteiger partial charge in [0.25, 0.3) is 0 Å². The molecule has 5 aliphatic rings. The molecule has 4 heterocycles. The molecule has 6 unspecified atom stereocenters. The van der Waals surface area contributed by atoms with Crippen molar-refractivity contribution in [2.75, 3.05) is 32.1 Å². The number of hydrogen-bond donors (Lipinski definition) is 2. The number of likely N-dealkylation sites (N-methyl/N-ethyl adjacent to an activating group) is 1. The molecule has 1 aromatic rings. The van der Waals surface area contributed by atoms with Gasteiger partial charge in [0, 0.05) is 30.4 Å². The van der Waals surface area contributed by atoms with Crippen molar-refractivity contribution in [1.82, 2.24) is 15.1 Å². The van der Waals surface area contributed by atoms with Crippen molar-refractivity contribution >= 4 is 23.4 Å². The average molecular weight is 537 g/mol. The van der Waals surface area contributed by atoms with Gasteiger partial charge < -0.3 is 25.0 Å². The molecule has 1 spiro atoms. The largest absolute Gasteiger partial charge is 0.497 e. The number of amides is 3. The number of anilines is 1. The molecular formula is C30H40N4O5. The molecule has 39 heavy (non-hydrogen) atoms. The normalized spacial score (nSPS) is 33.9. The number of hydrogen-bond acceptors (Lipinski definition) is 6. The van der Waals surface area contributed by atoms with Crippen LogP contribution < -0.4 is 15.4 Å². The molecule has 0 aromatic heterocycles. The van der Waals surface area contributed by atoms with Gasteiger partial charge in [0.1, 0.15) is 17.4 Å². The summed E-state index contributed by atoms with van der Waals surface area (Å²) in [5, 5.41) is 6.25. The Kier molecular flexibility index (Phi) is 7.14. The summed E-state index contributed by atoms with van der Waals surface area (Å²) in [6, 6.07) is 6.69. The molecule has 2 bridgehead atoms. The van der Waals surface area contributed by atoms with E-state index in [1.807, 2.05) is 24.3 Å². The molecule has 0 radical (unpaired) electrons. The van der Waals surface area contributed by atoms with E-state index in [0.29, 0.717) is 18.0 Å². The minimum Gasteiger partial charge on any atom is -0.497 e. The zero-order valence-corrected chi connectivity index (χ0v) is 22.9. The maximum Gasteiger partial charge on any atom is 0.246 e. The molecule has 3 saturated heterocycles. The van der Waals surface area contributed by atoms with Crippen LogP contribution in [0.15, 0.2) is 36.4 Å². The fraction of sp³-hybridized carbons (Fsp3) is 0.633. The van der Waals surface area contributed by atoms with Crippen molar-refractivity contribution in [1.29, 1.82) is 0 Å². The third-order valence-corrected chi connectivity index (χ3v) is 9.53. The van der Waals surface area contributed by atoms with Crippen molar-refractivity contribution in [3.63, 3.8) is 0 Å². The van der Waals surface area contributed by atoms with Crippen LogP contribution in [-0.4, -0.2) is 84.1 Å². The second-order valence-electron chi connectivity index (χ2n) is 11.7. The number of fused-ring (bicyclic) bond motifs is 1. The Bertz CT molecular complexity index is 1150. The Morgan fingerprint density at radius 1 is 1.13 bits per heavy atom. The molecule has 1 aromatic carbocycles. The monoisotopic (exact) mass is 536 g/mol. The molecule has 3 amide bonds. The molecule has 1 saturated carbocycles. The Hall–Kier alpha value is -2.91. The van der Waals surface area contributed by atoms with Crippen molar-refractivity contribution in [3.05, 3.63) is 36.4 Å². The Balaban J connectivity index is 1.30. The smallest absolute Gasteiger partial charge is 0.246 e. The first-order chi connectivity index (χ1) is 18.9. The summed E-state index contributed by atoms with van der Waals surface area (Å²) in [6.07, 6.45) is 10.6. The highest BCUT2D eigenvalue weighted by Gasteiger charge is 2.73. The summed E-state index contributed by atoms with van der Waals surface area (Å²) in [4.78, 5) is 46.1. The zero-order chi connectivity index (χ0) is 27.1. The number of benzene rings is 1. The van der Waals surface area contributed by atoms with E-state index in [-0.39, 0.29) is 29.8 Å². The van der Waals surface area contributed by atoms with Gasteiger partial charge in [-0.1, -0.05) is 44.4 Å². The van der Waals surface area contributed by atoms with Gasteiger partial charge in [0.05, 0.1) is 25.0 Å². The number of methoxy groups -OCH3 is 1. The number of likely N-dealkylation sites (tertiary alicyclic amines) is 2. The van der Waals surface area contributed by atoms with E-state index >= 15 is 0 Å². The second-order valence-corrected chi connectivity index (χ2v) is 11.7.